The molecule has 1 fully saturated rings. The van der Waals surface area contributed by atoms with Crippen LogP contribution in [0, 0.1) is 5.92 Å². The SMILES string of the molecule is CCCCC(CNC(=O)OC(C)(C)C)NC(=NCC1CCN(C)C1)NCC.I. The lowest BCUT2D eigenvalue weighted by Gasteiger charge is -2.24. The number of nitrogens with one attached hydrogen (secondary N) is 3. The molecule has 0 aromatic carbocycles. The maximum Gasteiger partial charge on any atom is 0.407 e. The van der Waals surface area contributed by atoms with Crippen LogP contribution in [0.2, 0.25) is 0 Å². The summed E-state index contributed by atoms with van der Waals surface area (Å²) in [5, 5.41) is 9.72. The van der Waals surface area contributed by atoms with Gasteiger partial charge in [0, 0.05) is 32.2 Å². The number of guanidine groups is 1. The molecular formula is C20H42IN5O2. The molecule has 1 aliphatic rings. The van der Waals surface area contributed by atoms with Crippen LogP contribution in [0.3, 0.4) is 0 Å². The van der Waals surface area contributed by atoms with Gasteiger partial charge >= 0.3 is 6.09 Å². The smallest absolute Gasteiger partial charge is 0.407 e. The Kier molecular flexibility index (Phi) is 13.9. The van der Waals surface area contributed by atoms with E-state index in [1.807, 2.05) is 20.8 Å². The summed E-state index contributed by atoms with van der Waals surface area (Å²) in [6.45, 7) is 14.3. The van der Waals surface area contributed by atoms with E-state index in [-0.39, 0.29) is 36.1 Å². The van der Waals surface area contributed by atoms with E-state index in [0.29, 0.717) is 12.5 Å². The number of aliphatic imine (C=N–C) groups is 1. The fourth-order valence-corrected chi connectivity index (χ4v) is 3.11. The topological polar surface area (TPSA) is 78.0 Å². The highest BCUT2D eigenvalue weighted by Crippen LogP contribution is 2.14. The lowest BCUT2D eigenvalue weighted by Crippen LogP contribution is -2.49. The Balaban J connectivity index is 0.00000729. The molecule has 1 rings (SSSR count). The Bertz CT molecular complexity index is 468. The number of halogens is 1. The molecule has 2 unspecified atom stereocenters. The third kappa shape index (κ3) is 12.6. The first-order valence-corrected chi connectivity index (χ1v) is 10.4. The minimum absolute atomic E-state index is 0. The van der Waals surface area contributed by atoms with Crippen LogP contribution in [0.1, 0.15) is 60.3 Å². The quantitative estimate of drug-likeness (QED) is 0.252. The van der Waals surface area contributed by atoms with E-state index in [2.05, 4.69) is 41.7 Å². The molecular weight excluding hydrogens is 469 g/mol. The standard InChI is InChI=1S/C20H41N5O2.HI/c1-7-9-10-17(14-23-19(26)27-20(3,4)5)24-18(21-8-2)22-13-16-11-12-25(6)15-16;/h16-17H,7-15H2,1-6H3,(H,23,26)(H2,21,22,24);1H. The molecule has 28 heavy (non-hydrogen) atoms. The Morgan fingerprint density at radius 1 is 1.29 bits per heavy atom. The molecule has 166 valence electrons. The Labute approximate surface area is 188 Å². The molecule has 0 saturated carbocycles. The van der Waals surface area contributed by atoms with Crippen molar-refractivity contribution in [2.24, 2.45) is 10.9 Å². The second kappa shape index (κ2) is 14.3. The molecule has 0 bridgehead atoms. The highest BCUT2D eigenvalue weighted by molar-refractivity contribution is 14.0. The van der Waals surface area contributed by atoms with Crippen LogP contribution in [0.25, 0.3) is 0 Å². The second-order valence-corrected chi connectivity index (χ2v) is 8.50. The van der Waals surface area contributed by atoms with Gasteiger partial charge in [0.25, 0.3) is 0 Å². The van der Waals surface area contributed by atoms with Gasteiger partial charge in [-0.15, -0.1) is 24.0 Å². The van der Waals surface area contributed by atoms with E-state index in [4.69, 9.17) is 9.73 Å². The molecule has 1 aliphatic heterocycles. The van der Waals surface area contributed by atoms with Gasteiger partial charge in [-0.3, -0.25) is 4.99 Å². The molecule has 1 amide bonds. The number of likely N-dealkylation sites (tertiary alicyclic amines) is 1. The van der Waals surface area contributed by atoms with Crippen LogP contribution in [-0.4, -0.2) is 68.4 Å². The molecule has 3 N–H and O–H groups in total. The zero-order valence-corrected chi connectivity index (χ0v) is 21.0. The van der Waals surface area contributed by atoms with Gasteiger partial charge < -0.3 is 25.6 Å². The number of hydrogen-bond donors (Lipinski definition) is 3. The van der Waals surface area contributed by atoms with Gasteiger partial charge in [0.1, 0.15) is 5.60 Å². The first-order chi connectivity index (χ1) is 12.7. The summed E-state index contributed by atoms with van der Waals surface area (Å²) in [4.78, 5) is 19.1. The van der Waals surface area contributed by atoms with Gasteiger partial charge in [-0.05, 0) is 60.0 Å². The number of nitrogens with zero attached hydrogens (tertiary/aromatic N) is 2. The molecule has 1 heterocycles. The predicted octanol–water partition coefficient (Wildman–Crippen LogP) is 3.19. The van der Waals surface area contributed by atoms with Crippen LogP contribution >= 0.6 is 24.0 Å². The van der Waals surface area contributed by atoms with Gasteiger partial charge in [0.2, 0.25) is 0 Å². The van der Waals surface area contributed by atoms with Crippen LogP contribution in [0.15, 0.2) is 4.99 Å². The summed E-state index contributed by atoms with van der Waals surface area (Å²) in [6, 6.07) is 0.126. The van der Waals surface area contributed by atoms with E-state index in [1.165, 1.54) is 6.42 Å². The van der Waals surface area contributed by atoms with Crippen molar-refractivity contribution in [3.8, 4) is 0 Å². The third-order valence-electron chi connectivity index (χ3n) is 4.48. The van der Waals surface area contributed by atoms with E-state index >= 15 is 0 Å². The summed E-state index contributed by atoms with van der Waals surface area (Å²) in [5.74, 6) is 1.46. The Morgan fingerprint density at radius 2 is 2.00 bits per heavy atom. The first-order valence-electron chi connectivity index (χ1n) is 10.4. The number of carbonyl (C=O) groups excluding carboxylic acids is 1. The fourth-order valence-electron chi connectivity index (χ4n) is 3.11. The summed E-state index contributed by atoms with van der Waals surface area (Å²) >= 11 is 0. The van der Waals surface area contributed by atoms with Gasteiger partial charge in [-0.1, -0.05) is 19.8 Å². The van der Waals surface area contributed by atoms with Crippen LogP contribution in [-0.2, 0) is 4.74 Å². The van der Waals surface area contributed by atoms with Gasteiger partial charge in [-0.25, -0.2) is 4.79 Å². The minimum Gasteiger partial charge on any atom is -0.444 e. The van der Waals surface area contributed by atoms with E-state index in [9.17, 15) is 4.79 Å². The van der Waals surface area contributed by atoms with Gasteiger partial charge in [0.15, 0.2) is 5.96 Å². The number of rotatable bonds is 9. The number of amides is 1. The van der Waals surface area contributed by atoms with E-state index in [0.717, 1.165) is 51.4 Å². The highest BCUT2D eigenvalue weighted by atomic mass is 127. The summed E-state index contributed by atoms with van der Waals surface area (Å²) in [7, 11) is 2.16. The summed E-state index contributed by atoms with van der Waals surface area (Å²) < 4.78 is 5.34. The summed E-state index contributed by atoms with van der Waals surface area (Å²) in [6.07, 6.45) is 4.02. The second-order valence-electron chi connectivity index (χ2n) is 8.50. The third-order valence-corrected chi connectivity index (χ3v) is 4.48. The number of unbranched alkanes of at least 4 members (excludes halogenated alkanes) is 1. The molecule has 7 nitrogen and oxygen atoms in total. The maximum atomic E-state index is 12.0. The van der Waals surface area contributed by atoms with Crippen molar-refractivity contribution >= 4 is 36.0 Å². The van der Waals surface area contributed by atoms with Crippen molar-refractivity contribution in [2.75, 3.05) is 39.8 Å². The van der Waals surface area contributed by atoms with Crippen molar-refractivity contribution in [2.45, 2.75) is 71.9 Å². The largest absolute Gasteiger partial charge is 0.444 e. The molecule has 8 heteroatoms. The minimum atomic E-state index is -0.485. The predicted molar refractivity (Wildman–Crippen MR) is 128 cm³/mol. The summed E-state index contributed by atoms with van der Waals surface area (Å²) in [5.41, 5.74) is -0.485. The lowest BCUT2D eigenvalue weighted by atomic mass is 10.1. The fraction of sp³-hybridized carbons (Fsp3) is 0.900. The van der Waals surface area contributed by atoms with Crippen molar-refractivity contribution < 1.29 is 9.53 Å². The average molecular weight is 511 g/mol. The van der Waals surface area contributed by atoms with Crippen LogP contribution in [0.4, 0.5) is 4.79 Å². The van der Waals surface area contributed by atoms with Gasteiger partial charge in [0.05, 0.1) is 0 Å². The Hall–Kier alpha value is -0.770. The average Bonchev–Trinajstić information content (AvgIpc) is 2.99. The van der Waals surface area contributed by atoms with Crippen LogP contribution in [0.5, 0.6) is 0 Å². The van der Waals surface area contributed by atoms with Gasteiger partial charge in [-0.2, -0.15) is 0 Å². The number of alkyl carbamates (subject to hydrolysis) is 1. The zero-order chi connectivity index (χ0) is 20.3. The van der Waals surface area contributed by atoms with Crippen molar-refractivity contribution in [1.29, 1.82) is 0 Å². The monoisotopic (exact) mass is 511 g/mol. The number of carbonyl (C=O) groups is 1. The van der Waals surface area contributed by atoms with Crippen molar-refractivity contribution in [3.63, 3.8) is 0 Å². The first kappa shape index (κ1) is 27.2. The Morgan fingerprint density at radius 3 is 2.54 bits per heavy atom. The molecule has 2 atom stereocenters. The van der Waals surface area contributed by atoms with Crippen LogP contribution < -0.4 is 16.0 Å². The van der Waals surface area contributed by atoms with Crippen molar-refractivity contribution in [1.82, 2.24) is 20.9 Å². The van der Waals surface area contributed by atoms with E-state index in [1.54, 1.807) is 0 Å². The number of hydrogen-bond acceptors (Lipinski definition) is 4. The normalized spacial score (nSPS) is 18.9. The van der Waals surface area contributed by atoms with Crippen molar-refractivity contribution in [3.05, 3.63) is 0 Å². The highest BCUT2D eigenvalue weighted by Gasteiger charge is 2.20. The zero-order valence-electron chi connectivity index (χ0n) is 18.6. The molecule has 0 aliphatic carbocycles. The lowest BCUT2D eigenvalue weighted by molar-refractivity contribution is 0.0523. The molecule has 0 radical (unpaired) electrons. The molecule has 0 spiro atoms. The van der Waals surface area contributed by atoms with E-state index < -0.39 is 5.60 Å². The molecule has 1 saturated heterocycles. The maximum absolute atomic E-state index is 12.0. The molecule has 0 aromatic rings. The number of ether oxygens (including phenoxy) is 1. The molecule has 0 aromatic heterocycles.